The van der Waals surface area contributed by atoms with Crippen LogP contribution in [0.5, 0.6) is 23.0 Å². The molecule has 0 saturated carbocycles. The Balaban J connectivity index is 1.86. The van der Waals surface area contributed by atoms with Gasteiger partial charge in [0, 0.05) is 6.54 Å². The van der Waals surface area contributed by atoms with Gasteiger partial charge in [-0.15, -0.1) is 0 Å². The van der Waals surface area contributed by atoms with Gasteiger partial charge in [0.2, 0.25) is 0 Å². The number of hydrogen-bond acceptors (Lipinski definition) is 6. The summed E-state index contributed by atoms with van der Waals surface area (Å²) in [4.78, 5) is 0. The summed E-state index contributed by atoms with van der Waals surface area (Å²) >= 11 is 0. The summed E-state index contributed by atoms with van der Waals surface area (Å²) in [5, 5.41) is 13.6. The van der Waals surface area contributed by atoms with Crippen LogP contribution < -0.4 is 24.3 Å². The number of aliphatic hydroxyl groups is 1. The first-order valence-electron chi connectivity index (χ1n) is 8.44. The number of benzene rings is 2. The van der Waals surface area contributed by atoms with Crippen LogP contribution in [0.3, 0.4) is 0 Å². The molecule has 26 heavy (non-hydrogen) atoms. The van der Waals surface area contributed by atoms with Crippen LogP contribution in [0, 0.1) is 0 Å². The molecule has 1 unspecified atom stereocenters. The molecule has 2 N–H and O–H groups in total. The lowest BCUT2D eigenvalue weighted by atomic mass is 10.1. The number of ether oxygens (including phenoxy) is 4. The zero-order valence-corrected chi connectivity index (χ0v) is 15.7. The minimum atomic E-state index is -0.625. The molecule has 0 aliphatic heterocycles. The zero-order chi connectivity index (χ0) is 18.9. The average Bonchev–Trinajstić information content (AvgIpc) is 2.70. The Morgan fingerprint density at radius 3 is 2.00 bits per heavy atom. The summed E-state index contributed by atoms with van der Waals surface area (Å²) < 4.78 is 21.0. The van der Waals surface area contributed by atoms with Crippen molar-refractivity contribution in [1.29, 1.82) is 0 Å². The van der Waals surface area contributed by atoms with E-state index in [0.717, 1.165) is 29.8 Å². The maximum atomic E-state index is 10.4. The van der Waals surface area contributed by atoms with Crippen LogP contribution in [0.25, 0.3) is 0 Å². The Morgan fingerprint density at radius 1 is 0.808 bits per heavy atom. The molecule has 0 heterocycles. The quantitative estimate of drug-likeness (QED) is 0.634. The molecule has 6 heteroatoms. The fourth-order valence-electron chi connectivity index (χ4n) is 2.69. The van der Waals surface area contributed by atoms with Crippen molar-refractivity contribution in [3.05, 3.63) is 47.5 Å². The van der Waals surface area contributed by atoms with E-state index in [0.29, 0.717) is 23.8 Å². The third-order valence-corrected chi connectivity index (χ3v) is 4.17. The van der Waals surface area contributed by atoms with Crippen molar-refractivity contribution in [2.45, 2.75) is 12.5 Å². The van der Waals surface area contributed by atoms with E-state index in [4.69, 9.17) is 18.9 Å². The second kappa shape index (κ2) is 9.89. The first-order valence-corrected chi connectivity index (χ1v) is 8.44. The molecule has 0 radical (unpaired) electrons. The maximum Gasteiger partial charge on any atom is 0.161 e. The van der Waals surface area contributed by atoms with E-state index >= 15 is 0 Å². The van der Waals surface area contributed by atoms with Crippen LogP contribution in [0.1, 0.15) is 17.2 Å². The van der Waals surface area contributed by atoms with E-state index in [1.807, 2.05) is 24.3 Å². The molecular weight excluding hydrogens is 334 g/mol. The van der Waals surface area contributed by atoms with Gasteiger partial charge in [0.15, 0.2) is 23.0 Å². The van der Waals surface area contributed by atoms with E-state index in [2.05, 4.69) is 5.32 Å². The standard InChI is InChI=1S/C20H27NO5/c1-23-17-7-5-14(11-19(17)25-3)9-10-21-13-16(22)15-6-8-18(24-2)20(12-15)26-4/h5-8,11-12,16,21-22H,9-10,13H2,1-4H3. The lowest BCUT2D eigenvalue weighted by Gasteiger charge is -2.15. The third kappa shape index (κ3) is 5.03. The molecule has 2 rings (SSSR count). The van der Waals surface area contributed by atoms with Crippen LogP contribution in [-0.2, 0) is 6.42 Å². The van der Waals surface area contributed by atoms with Crippen molar-refractivity contribution in [2.24, 2.45) is 0 Å². The topological polar surface area (TPSA) is 69.2 Å². The highest BCUT2D eigenvalue weighted by molar-refractivity contribution is 5.44. The number of aliphatic hydroxyl groups excluding tert-OH is 1. The maximum absolute atomic E-state index is 10.4. The van der Waals surface area contributed by atoms with E-state index in [9.17, 15) is 5.11 Å². The molecule has 0 bridgehead atoms. The average molecular weight is 361 g/mol. The van der Waals surface area contributed by atoms with Gasteiger partial charge in [-0.05, 0) is 48.4 Å². The molecule has 0 aliphatic rings. The van der Waals surface area contributed by atoms with Gasteiger partial charge in [-0.1, -0.05) is 12.1 Å². The summed E-state index contributed by atoms with van der Waals surface area (Å²) in [5.74, 6) is 2.68. The fourth-order valence-corrected chi connectivity index (χ4v) is 2.69. The minimum absolute atomic E-state index is 0.447. The van der Waals surface area contributed by atoms with Crippen LogP contribution in [0.15, 0.2) is 36.4 Å². The molecule has 0 fully saturated rings. The van der Waals surface area contributed by atoms with E-state index in [-0.39, 0.29) is 0 Å². The summed E-state index contributed by atoms with van der Waals surface area (Å²) in [6.45, 7) is 1.18. The first kappa shape index (κ1) is 19.9. The van der Waals surface area contributed by atoms with Crippen molar-refractivity contribution in [3.63, 3.8) is 0 Å². The van der Waals surface area contributed by atoms with Crippen LogP contribution >= 0.6 is 0 Å². The van der Waals surface area contributed by atoms with Crippen LogP contribution in [0.2, 0.25) is 0 Å². The van der Waals surface area contributed by atoms with E-state index in [1.165, 1.54) is 0 Å². The molecule has 6 nitrogen and oxygen atoms in total. The molecule has 0 amide bonds. The van der Waals surface area contributed by atoms with Gasteiger partial charge in [0.1, 0.15) is 0 Å². The lowest BCUT2D eigenvalue weighted by molar-refractivity contribution is 0.174. The van der Waals surface area contributed by atoms with Gasteiger partial charge in [0.05, 0.1) is 34.5 Å². The van der Waals surface area contributed by atoms with Gasteiger partial charge in [0.25, 0.3) is 0 Å². The van der Waals surface area contributed by atoms with Gasteiger partial charge >= 0.3 is 0 Å². The third-order valence-electron chi connectivity index (χ3n) is 4.17. The normalized spacial score (nSPS) is 11.7. The van der Waals surface area contributed by atoms with Crippen molar-refractivity contribution >= 4 is 0 Å². The molecule has 0 aliphatic carbocycles. The van der Waals surface area contributed by atoms with E-state index in [1.54, 1.807) is 40.6 Å². The SMILES string of the molecule is COc1ccc(CCNCC(O)c2ccc(OC)c(OC)c2)cc1OC. The molecule has 0 saturated heterocycles. The Bertz CT molecular complexity index is 705. The van der Waals surface area contributed by atoms with Crippen LogP contribution in [-0.4, -0.2) is 46.6 Å². The Morgan fingerprint density at radius 2 is 1.38 bits per heavy atom. The summed E-state index contributed by atoms with van der Waals surface area (Å²) in [6.07, 6.45) is 0.194. The number of rotatable bonds is 10. The van der Waals surface area contributed by atoms with Crippen molar-refractivity contribution in [1.82, 2.24) is 5.32 Å². The minimum Gasteiger partial charge on any atom is -0.493 e. The van der Waals surface area contributed by atoms with E-state index < -0.39 is 6.10 Å². The molecule has 0 spiro atoms. The molecule has 1 atom stereocenters. The van der Waals surface area contributed by atoms with Crippen molar-refractivity contribution < 1.29 is 24.1 Å². The summed E-state index contributed by atoms with van der Waals surface area (Å²) in [7, 11) is 6.41. The monoisotopic (exact) mass is 361 g/mol. The van der Waals surface area contributed by atoms with Crippen LogP contribution in [0.4, 0.5) is 0 Å². The lowest BCUT2D eigenvalue weighted by Crippen LogP contribution is -2.23. The first-order chi connectivity index (χ1) is 12.6. The fraction of sp³-hybridized carbons (Fsp3) is 0.400. The van der Waals surface area contributed by atoms with Crippen molar-refractivity contribution in [2.75, 3.05) is 41.5 Å². The smallest absolute Gasteiger partial charge is 0.161 e. The Labute approximate surface area is 154 Å². The molecular formula is C20H27NO5. The second-order valence-electron chi connectivity index (χ2n) is 5.77. The Hall–Kier alpha value is -2.44. The predicted molar refractivity (Wildman–Crippen MR) is 101 cm³/mol. The number of nitrogens with one attached hydrogen (secondary N) is 1. The molecule has 0 aromatic heterocycles. The molecule has 2 aromatic rings. The Kier molecular flexibility index (Phi) is 7.56. The summed E-state index contributed by atoms with van der Waals surface area (Å²) in [6, 6.07) is 11.3. The highest BCUT2D eigenvalue weighted by Crippen LogP contribution is 2.30. The number of methoxy groups -OCH3 is 4. The van der Waals surface area contributed by atoms with Gasteiger partial charge in [-0.25, -0.2) is 0 Å². The predicted octanol–water partition coefficient (Wildman–Crippen LogP) is 2.59. The van der Waals surface area contributed by atoms with Crippen molar-refractivity contribution in [3.8, 4) is 23.0 Å². The molecule has 142 valence electrons. The zero-order valence-electron chi connectivity index (χ0n) is 15.7. The van der Waals surface area contributed by atoms with Gasteiger partial charge in [-0.3, -0.25) is 0 Å². The highest BCUT2D eigenvalue weighted by atomic mass is 16.5. The highest BCUT2D eigenvalue weighted by Gasteiger charge is 2.11. The van der Waals surface area contributed by atoms with Gasteiger partial charge in [-0.2, -0.15) is 0 Å². The summed E-state index contributed by atoms with van der Waals surface area (Å²) in [5.41, 5.74) is 1.91. The largest absolute Gasteiger partial charge is 0.493 e. The number of hydrogen-bond donors (Lipinski definition) is 2. The molecule has 2 aromatic carbocycles. The second-order valence-corrected chi connectivity index (χ2v) is 5.77. The van der Waals surface area contributed by atoms with Gasteiger partial charge < -0.3 is 29.4 Å².